The molecule has 1 aliphatic heterocycles. The van der Waals surface area contributed by atoms with E-state index in [2.05, 4.69) is 5.32 Å². The highest BCUT2D eigenvalue weighted by Gasteiger charge is 2.30. The SMILES string of the molecule is CCCC(=O)Nc1ccc2c(c1)OC[C@@H](C)N(C(=O)CN(C)C)C[C@@H](C)[C@H](OC)CN(C)C2=O. The summed E-state index contributed by atoms with van der Waals surface area (Å²) in [6.45, 7) is 7.26. The van der Waals surface area contributed by atoms with Crippen molar-refractivity contribution in [3.8, 4) is 5.75 Å². The van der Waals surface area contributed by atoms with Crippen molar-refractivity contribution in [3.63, 3.8) is 0 Å². The van der Waals surface area contributed by atoms with Crippen molar-refractivity contribution >= 4 is 23.4 Å². The molecule has 0 unspecified atom stereocenters. The van der Waals surface area contributed by atoms with E-state index in [0.717, 1.165) is 6.42 Å². The molecule has 0 fully saturated rings. The number of methoxy groups -OCH3 is 1. The molecule has 3 amide bonds. The van der Waals surface area contributed by atoms with Gasteiger partial charge in [-0.1, -0.05) is 13.8 Å². The molecule has 1 heterocycles. The number of likely N-dealkylation sites (N-methyl/N-ethyl adjacent to an activating group) is 2. The van der Waals surface area contributed by atoms with E-state index in [4.69, 9.17) is 9.47 Å². The predicted molar refractivity (Wildman–Crippen MR) is 132 cm³/mol. The molecule has 190 valence electrons. The Hall–Kier alpha value is -2.65. The molecule has 0 radical (unpaired) electrons. The first-order chi connectivity index (χ1) is 16.1. The van der Waals surface area contributed by atoms with Crippen molar-refractivity contribution in [1.82, 2.24) is 14.7 Å². The quantitative estimate of drug-likeness (QED) is 0.678. The van der Waals surface area contributed by atoms with Gasteiger partial charge in [0.15, 0.2) is 0 Å². The number of fused-ring (bicyclic) bond motifs is 1. The minimum atomic E-state index is -0.243. The second-order valence-electron chi connectivity index (χ2n) is 9.39. The van der Waals surface area contributed by atoms with E-state index in [1.807, 2.05) is 44.7 Å². The summed E-state index contributed by atoms with van der Waals surface area (Å²) in [6.07, 6.45) is 0.910. The van der Waals surface area contributed by atoms with E-state index in [1.54, 1.807) is 37.3 Å². The average Bonchev–Trinajstić information content (AvgIpc) is 2.77. The highest BCUT2D eigenvalue weighted by Crippen LogP contribution is 2.27. The second kappa shape index (κ2) is 12.7. The van der Waals surface area contributed by atoms with Crippen LogP contribution in [0.2, 0.25) is 0 Å². The van der Waals surface area contributed by atoms with Crippen LogP contribution in [0.4, 0.5) is 5.69 Å². The van der Waals surface area contributed by atoms with Gasteiger partial charge in [-0.15, -0.1) is 0 Å². The van der Waals surface area contributed by atoms with Gasteiger partial charge in [0.05, 0.1) is 24.3 Å². The fraction of sp³-hybridized carbons (Fsp3) is 0.640. The van der Waals surface area contributed by atoms with Gasteiger partial charge < -0.3 is 29.5 Å². The van der Waals surface area contributed by atoms with Crippen LogP contribution < -0.4 is 10.1 Å². The highest BCUT2D eigenvalue weighted by molar-refractivity contribution is 5.98. The maximum absolute atomic E-state index is 13.3. The second-order valence-corrected chi connectivity index (χ2v) is 9.39. The molecule has 9 nitrogen and oxygen atoms in total. The largest absolute Gasteiger partial charge is 0.491 e. The van der Waals surface area contributed by atoms with E-state index in [-0.39, 0.29) is 48.9 Å². The summed E-state index contributed by atoms with van der Waals surface area (Å²) in [5.41, 5.74) is 0.966. The molecule has 1 aliphatic rings. The zero-order valence-electron chi connectivity index (χ0n) is 21.6. The molecule has 1 aromatic rings. The molecule has 0 aliphatic carbocycles. The number of hydrogen-bond donors (Lipinski definition) is 1. The number of hydrogen-bond acceptors (Lipinski definition) is 6. The van der Waals surface area contributed by atoms with Gasteiger partial charge in [-0.05, 0) is 39.6 Å². The smallest absolute Gasteiger partial charge is 0.257 e. The van der Waals surface area contributed by atoms with Crippen LogP contribution in [0.1, 0.15) is 44.0 Å². The zero-order chi connectivity index (χ0) is 25.4. The Labute approximate surface area is 203 Å². The maximum atomic E-state index is 13.3. The fourth-order valence-corrected chi connectivity index (χ4v) is 4.01. The summed E-state index contributed by atoms with van der Waals surface area (Å²) in [6, 6.07) is 4.83. The number of anilines is 1. The van der Waals surface area contributed by atoms with Crippen molar-refractivity contribution < 1.29 is 23.9 Å². The Morgan fingerprint density at radius 2 is 1.94 bits per heavy atom. The standard InChI is InChI=1S/C25H40N4O5/c1-8-9-23(30)26-19-10-11-20-21(12-19)34-16-18(3)29(24(31)15-27(4)5)13-17(2)22(33-7)14-28(6)25(20)32/h10-12,17-18,22H,8-9,13-16H2,1-7H3,(H,26,30)/t17-,18-,22-/m1/s1. The lowest BCUT2D eigenvalue weighted by atomic mass is 10.0. The molecule has 1 N–H and O–H groups in total. The Kier molecular flexibility index (Phi) is 10.3. The summed E-state index contributed by atoms with van der Waals surface area (Å²) < 4.78 is 11.8. The molecule has 1 aromatic carbocycles. The van der Waals surface area contributed by atoms with E-state index < -0.39 is 0 Å². The van der Waals surface area contributed by atoms with Crippen LogP contribution in [0.25, 0.3) is 0 Å². The first-order valence-corrected chi connectivity index (χ1v) is 11.9. The molecule has 0 saturated heterocycles. The van der Waals surface area contributed by atoms with Crippen LogP contribution in [0.5, 0.6) is 5.75 Å². The van der Waals surface area contributed by atoms with Gasteiger partial charge in [-0.2, -0.15) is 0 Å². The first-order valence-electron chi connectivity index (χ1n) is 11.9. The number of rotatable bonds is 6. The van der Waals surface area contributed by atoms with Crippen LogP contribution in [0.15, 0.2) is 18.2 Å². The number of nitrogens with zero attached hydrogens (tertiary/aromatic N) is 3. The molecule has 34 heavy (non-hydrogen) atoms. The van der Waals surface area contributed by atoms with E-state index in [1.165, 1.54) is 0 Å². The number of benzene rings is 1. The minimum absolute atomic E-state index is 0.00358. The highest BCUT2D eigenvalue weighted by atomic mass is 16.5. The van der Waals surface area contributed by atoms with Crippen molar-refractivity contribution in [3.05, 3.63) is 23.8 Å². The van der Waals surface area contributed by atoms with Gasteiger partial charge in [0, 0.05) is 51.3 Å². The number of ether oxygens (including phenoxy) is 2. The molecule has 0 saturated carbocycles. The Morgan fingerprint density at radius 3 is 2.56 bits per heavy atom. The summed E-state index contributed by atoms with van der Waals surface area (Å²) in [7, 11) is 7.08. The summed E-state index contributed by atoms with van der Waals surface area (Å²) in [5, 5.41) is 2.85. The van der Waals surface area contributed by atoms with Crippen LogP contribution in [0.3, 0.4) is 0 Å². The normalized spacial score (nSPS) is 21.9. The van der Waals surface area contributed by atoms with E-state index >= 15 is 0 Å². The third kappa shape index (κ3) is 7.43. The summed E-state index contributed by atoms with van der Waals surface area (Å²) in [5.74, 6) is 0.101. The number of carbonyl (C=O) groups excluding carboxylic acids is 3. The molecule has 0 spiro atoms. The van der Waals surface area contributed by atoms with Crippen LogP contribution in [-0.4, -0.2) is 99.1 Å². The Bertz CT molecular complexity index is 860. The van der Waals surface area contributed by atoms with Crippen molar-refractivity contribution in [2.45, 2.75) is 45.8 Å². The Morgan fingerprint density at radius 1 is 1.24 bits per heavy atom. The maximum Gasteiger partial charge on any atom is 0.257 e. The van der Waals surface area contributed by atoms with Gasteiger partial charge in [0.25, 0.3) is 5.91 Å². The summed E-state index contributed by atoms with van der Waals surface area (Å²) in [4.78, 5) is 43.7. The van der Waals surface area contributed by atoms with Crippen molar-refractivity contribution in [2.75, 3.05) is 59.8 Å². The van der Waals surface area contributed by atoms with Crippen molar-refractivity contribution in [1.29, 1.82) is 0 Å². The van der Waals surface area contributed by atoms with Crippen LogP contribution in [-0.2, 0) is 14.3 Å². The number of nitrogens with one attached hydrogen (secondary N) is 1. The first kappa shape index (κ1) is 27.6. The fourth-order valence-electron chi connectivity index (χ4n) is 4.01. The van der Waals surface area contributed by atoms with Gasteiger partial charge in [-0.3, -0.25) is 14.4 Å². The van der Waals surface area contributed by atoms with Gasteiger partial charge in [0.2, 0.25) is 11.8 Å². The van der Waals surface area contributed by atoms with Crippen LogP contribution in [0, 0.1) is 5.92 Å². The number of amides is 3. The third-order valence-electron chi connectivity index (χ3n) is 5.98. The van der Waals surface area contributed by atoms with Crippen LogP contribution >= 0.6 is 0 Å². The lowest BCUT2D eigenvalue weighted by Crippen LogP contribution is -2.50. The minimum Gasteiger partial charge on any atom is -0.491 e. The predicted octanol–water partition coefficient (Wildman–Crippen LogP) is 2.32. The van der Waals surface area contributed by atoms with Crippen molar-refractivity contribution in [2.24, 2.45) is 5.92 Å². The molecular weight excluding hydrogens is 436 g/mol. The molecule has 9 heteroatoms. The lowest BCUT2D eigenvalue weighted by molar-refractivity contribution is -0.136. The topological polar surface area (TPSA) is 91.4 Å². The lowest BCUT2D eigenvalue weighted by Gasteiger charge is -2.36. The molecule has 2 rings (SSSR count). The van der Waals surface area contributed by atoms with Gasteiger partial charge in [-0.25, -0.2) is 0 Å². The molecule has 3 atom stereocenters. The molecular formula is C25H40N4O5. The monoisotopic (exact) mass is 476 g/mol. The molecule has 0 aromatic heterocycles. The van der Waals surface area contributed by atoms with E-state index in [0.29, 0.717) is 36.5 Å². The Balaban J connectivity index is 2.42. The van der Waals surface area contributed by atoms with E-state index in [9.17, 15) is 14.4 Å². The summed E-state index contributed by atoms with van der Waals surface area (Å²) >= 11 is 0. The van der Waals surface area contributed by atoms with Gasteiger partial charge in [0.1, 0.15) is 12.4 Å². The zero-order valence-corrected chi connectivity index (χ0v) is 21.6. The number of carbonyl (C=O) groups is 3. The third-order valence-corrected chi connectivity index (χ3v) is 5.98. The molecule has 0 bridgehead atoms. The van der Waals surface area contributed by atoms with Gasteiger partial charge >= 0.3 is 0 Å². The average molecular weight is 477 g/mol.